The highest BCUT2D eigenvalue weighted by atomic mass is 32.1. The predicted molar refractivity (Wildman–Crippen MR) is 112 cm³/mol. The van der Waals surface area contributed by atoms with Crippen LogP contribution in [-0.2, 0) is 11.3 Å². The molecule has 0 radical (unpaired) electrons. The first-order chi connectivity index (χ1) is 14.5. The normalized spacial score (nSPS) is 10.7. The number of hydrogen-bond donors (Lipinski definition) is 0. The van der Waals surface area contributed by atoms with E-state index in [9.17, 15) is 14.0 Å². The van der Waals surface area contributed by atoms with Crippen LogP contribution in [-0.4, -0.2) is 29.0 Å². The Balaban J connectivity index is 1.72. The van der Waals surface area contributed by atoms with Crippen LogP contribution in [0, 0.1) is 5.82 Å². The Hall–Kier alpha value is -3.65. The van der Waals surface area contributed by atoms with Gasteiger partial charge < -0.3 is 4.74 Å². The summed E-state index contributed by atoms with van der Waals surface area (Å²) in [5.74, 6) is -1.13. The Morgan fingerprint density at radius 3 is 2.57 bits per heavy atom. The van der Waals surface area contributed by atoms with Gasteiger partial charge in [0.25, 0.3) is 5.91 Å². The number of halogens is 1. The minimum atomic E-state index is -0.477. The van der Waals surface area contributed by atoms with Gasteiger partial charge in [-0.15, -0.1) is 0 Å². The SMILES string of the molecule is COC(=O)c1ccc(C(=O)N(Cc2cccnc2)c2nc3ccc(F)cc3s2)cc1. The number of pyridine rings is 1. The summed E-state index contributed by atoms with van der Waals surface area (Å²) >= 11 is 1.23. The zero-order valence-corrected chi connectivity index (χ0v) is 16.7. The van der Waals surface area contributed by atoms with Gasteiger partial charge in [0.05, 0.1) is 29.4 Å². The van der Waals surface area contributed by atoms with Crippen molar-refractivity contribution in [2.75, 3.05) is 12.0 Å². The molecule has 4 aromatic rings. The van der Waals surface area contributed by atoms with E-state index >= 15 is 0 Å². The molecule has 0 saturated heterocycles. The fourth-order valence-corrected chi connectivity index (χ4v) is 3.91. The Labute approximate surface area is 175 Å². The molecular formula is C22H16FN3O3S. The number of anilines is 1. The molecule has 0 saturated carbocycles. The fraction of sp³-hybridized carbons (Fsp3) is 0.0909. The molecule has 1 amide bonds. The monoisotopic (exact) mass is 421 g/mol. The standard InChI is InChI=1S/C22H16FN3O3S/c1-29-21(28)16-6-4-15(5-7-16)20(27)26(13-14-3-2-10-24-12-14)22-25-18-9-8-17(23)11-19(18)30-22/h2-12H,13H2,1H3. The number of methoxy groups -OCH3 is 1. The van der Waals surface area contributed by atoms with Crippen molar-refractivity contribution in [2.24, 2.45) is 0 Å². The van der Waals surface area contributed by atoms with Crippen LogP contribution >= 0.6 is 11.3 Å². The number of esters is 1. The second-order valence-electron chi connectivity index (χ2n) is 6.43. The average molecular weight is 421 g/mol. The van der Waals surface area contributed by atoms with Crippen molar-refractivity contribution in [3.63, 3.8) is 0 Å². The summed E-state index contributed by atoms with van der Waals surface area (Å²) in [4.78, 5) is 35.1. The molecule has 2 aromatic heterocycles. The topological polar surface area (TPSA) is 72.4 Å². The van der Waals surface area contributed by atoms with Crippen molar-refractivity contribution in [1.29, 1.82) is 0 Å². The minimum Gasteiger partial charge on any atom is -0.465 e. The Bertz CT molecular complexity index is 1210. The van der Waals surface area contributed by atoms with E-state index < -0.39 is 5.97 Å². The summed E-state index contributed by atoms with van der Waals surface area (Å²) in [6.45, 7) is 0.244. The molecule has 0 fully saturated rings. The molecule has 0 aliphatic rings. The molecule has 0 atom stereocenters. The van der Waals surface area contributed by atoms with E-state index in [1.54, 1.807) is 36.7 Å². The molecular weight excluding hydrogens is 405 g/mol. The number of carbonyl (C=O) groups excluding carboxylic acids is 2. The maximum Gasteiger partial charge on any atom is 0.337 e. The molecule has 0 aliphatic carbocycles. The number of fused-ring (bicyclic) bond motifs is 1. The number of ether oxygens (including phenoxy) is 1. The van der Waals surface area contributed by atoms with Gasteiger partial charge >= 0.3 is 5.97 Å². The van der Waals surface area contributed by atoms with E-state index in [0.29, 0.717) is 26.5 Å². The quantitative estimate of drug-likeness (QED) is 0.445. The van der Waals surface area contributed by atoms with Gasteiger partial charge in [0.15, 0.2) is 5.13 Å². The van der Waals surface area contributed by atoms with Crippen molar-refractivity contribution in [3.8, 4) is 0 Å². The van der Waals surface area contributed by atoms with Crippen LogP contribution in [0.3, 0.4) is 0 Å². The Morgan fingerprint density at radius 1 is 1.10 bits per heavy atom. The first-order valence-corrected chi connectivity index (χ1v) is 9.82. The highest BCUT2D eigenvalue weighted by molar-refractivity contribution is 7.22. The summed E-state index contributed by atoms with van der Waals surface area (Å²) in [7, 11) is 1.30. The summed E-state index contributed by atoms with van der Waals surface area (Å²) in [5, 5.41) is 0.446. The molecule has 0 spiro atoms. The van der Waals surface area contributed by atoms with Gasteiger partial charge in [-0.2, -0.15) is 0 Å². The summed E-state index contributed by atoms with van der Waals surface area (Å²) in [6, 6.07) is 14.2. The third-order valence-electron chi connectivity index (χ3n) is 4.43. The van der Waals surface area contributed by atoms with Crippen molar-refractivity contribution in [2.45, 2.75) is 6.54 Å². The number of thiazole rings is 1. The highest BCUT2D eigenvalue weighted by Crippen LogP contribution is 2.31. The van der Waals surface area contributed by atoms with E-state index in [1.807, 2.05) is 6.07 Å². The van der Waals surface area contributed by atoms with E-state index in [0.717, 1.165) is 5.56 Å². The number of hydrogen-bond acceptors (Lipinski definition) is 6. The lowest BCUT2D eigenvalue weighted by atomic mass is 10.1. The van der Waals surface area contributed by atoms with Crippen molar-refractivity contribution in [1.82, 2.24) is 9.97 Å². The molecule has 150 valence electrons. The van der Waals surface area contributed by atoms with Crippen LogP contribution in [0.4, 0.5) is 9.52 Å². The molecule has 2 heterocycles. The summed E-state index contributed by atoms with van der Waals surface area (Å²) in [5.41, 5.74) is 2.17. The number of benzene rings is 2. The molecule has 6 nitrogen and oxygen atoms in total. The lowest BCUT2D eigenvalue weighted by Crippen LogP contribution is -2.30. The third kappa shape index (κ3) is 4.04. The molecule has 0 bridgehead atoms. The van der Waals surface area contributed by atoms with Crippen LogP contribution < -0.4 is 4.90 Å². The zero-order chi connectivity index (χ0) is 21.1. The van der Waals surface area contributed by atoms with Gasteiger partial charge in [0, 0.05) is 18.0 Å². The van der Waals surface area contributed by atoms with Crippen LogP contribution in [0.1, 0.15) is 26.3 Å². The average Bonchev–Trinajstić information content (AvgIpc) is 3.20. The van der Waals surface area contributed by atoms with Crippen molar-refractivity contribution < 1.29 is 18.7 Å². The largest absolute Gasteiger partial charge is 0.465 e. The van der Waals surface area contributed by atoms with Crippen molar-refractivity contribution in [3.05, 3.63) is 89.5 Å². The van der Waals surface area contributed by atoms with Crippen molar-refractivity contribution >= 4 is 38.6 Å². The molecule has 0 aliphatic heterocycles. The smallest absolute Gasteiger partial charge is 0.337 e. The number of rotatable bonds is 5. The fourth-order valence-electron chi connectivity index (χ4n) is 2.92. The third-order valence-corrected chi connectivity index (χ3v) is 5.47. The van der Waals surface area contributed by atoms with Crippen LogP contribution in [0.15, 0.2) is 67.0 Å². The first kappa shape index (κ1) is 19.7. The second-order valence-corrected chi connectivity index (χ2v) is 7.44. The predicted octanol–water partition coefficient (Wildman–Crippen LogP) is 4.46. The lowest BCUT2D eigenvalue weighted by molar-refractivity contribution is 0.0600. The molecule has 0 unspecified atom stereocenters. The summed E-state index contributed by atoms with van der Waals surface area (Å²) < 4.78 is 18.9. The molecule has 4 rings (SSSR count). The molecule has 2 aromatic carbocycles. The minimum absolute atomic E-state index is 0.244. The van der Waals surface area contributed by atoms with Gasteiger partial charge in [-0.3, -0.25) is 14.7 Å². The maximum atomic E-state index is 13.6. The van der Waals surface area contributed by atoms with E-state index in [-0.39, 0.29) is 18.3 Å². The van der Waals surface area contributed by atoms with E-state index in [1.165, 1.54) is 47.6 Å². The van der Waals surface area contributed by atoms with Crippen LogP contribution in [0.5, 0.6) is 0 Å². The van der Waals surface area contributed by atoms with E-state index in [4.69, 9.17) is 4.74 Å². The Morgan fingerprint density at radius 2 is 1.87 bits per heavy atom. The summed E-state index contributed by atoms with van der Waals surface area (Å²) in [6.07, 6.45) is 3.33. The number of nitrogens with zero attached hydrogens (tertiary/aromatic N) is 3. The molecule has 0 N–H and O–H groups in total. The second kappa shape index (κ2) is 8.38. The number of carbonyl (C=O) groups is 2. The highest BCUT2D eigenvalue weighted by Gasteiger charge is 2.22. The van der Waals surface area contributed by atoms with E-state index in [2.05, 4.69) is 9.97 Å². The zero-order valence-electron chi connectivity index (χ0n) is 15.9. The first-order valence-electron chi connectivity index (χ1n) is 9.00. The lowest BCUT2D eigenvalue weighted by Gasteiger charge is -2.20. The molecule has 30 heavy (non-hydrogen) atoms. The van der Waals surface area contributed by atoms with Gasteiger partial charge in [-0.1, -0.05) is 17.4 Å². The van der Waals surface area contributed by atoms with Gasteiger partial charge in [-0.05, 0) is 54.1 Å². The van der Waals surface area contributed by atoms with Gasteiger partial charge in [-0.25, -0.2) is 14.2 Å². The van der Waals surface area contributed by atoms with Crippen LogP contribution in [0.25, 0.3) is 10.2 Å². The molecule has 8 heteroatoms. The number of amides is 1. The Kier molecular flexibility index (Phi) is 5.49. The maximum absolute atomic E-state index is 13.6. The van der Waals surface area contributed by atoms with Crippen LogP contribution in [0.2, 0.25) is 0 Å². The number of aromatic nitrogens is 2. The van der Waals surface area contributed by atoms with Gasteiger partial charge in [0.2, 0.25) is 0 Å². The van der Waals surface area contributed by atoms with Gasteiger partial charge in [0.1, 0.15) is 5.82 Å².